The summed E-state index contributed by atoms with van der Waals surface area (Å²) in [6.45, 7) is 0.451. The number of nitrogens with one attached hydrogen (secondary N) is 1. The first kappa shape index (κ1) is 13.4. The highest BCUT2D eigenvalue weighted by Gasteiger charge is 2.29. The van der Waals surface area contributed by atoms with E-state index in [2.05, 4.69) is 10.3 Å². The second-order valence-corrected chi connectivity index (χ2v) is 3.88. The molecule has 0 radical (unpaired) electrons. The molecule has 0 saturated carbocycles. The van der Waals surface area contributed by atoms with Crippen molar-refractivity contribution in [3.8, 4) is 0 Å². The van der Waals surface area contributed by atoms with Crippen LogP contribution in [-0.2, 0) is 12.6 Å². The number of hydrogen-bond acceptors (Lipinski definition) is 4. The molecule has 3 N–H and O–H groups in total. The molecule has 4 nitrogen and oxygen atoms in total. The van der Waals surface area contributed by atoms with Gasteiger partial charge in [0, 0.05) is 12.1 Å². The summed E-state index contributed by atoms with van der Waals surface area (Å²) >= 11 is 0. The zero-order valence-corrected chi connectivity index (χ0v) is 9.87. The second-order valence-electron chi connectivity index (χ2n) is 3.88. The van der Waals surface area contributed by atoms with Gasteiger partial charge < -0.3 is 15.5 Å². The minimum Gasteiger partial charge on any atom is -0.432 e. The van der Waals surface area contributed by atoms with Crippen LogP contribution in [0.15, 0.2) is 34.9 Å². The quantitative estimate of drug-likeness (QED) is 0.897. The van der Waals surface area contributed by atoms with Gasteiger partial charge in [-0.05, 0) is 30.8 Å². The number of nitrogens with zero attached hydrogens (tertiary/aromatic N) is 1. The number of aromatic nitrogens is 1. The fraction of sp³-hybridized carbons (Fsp3) is 0.250. The highest BCUT2D eigenvalue weighted by molar-refractivity contribution is 5.52. The summed E-state index contributed by atoms with van der Waals surface area (Å²) < 4.78 is 42.2. The number of oxazole rings is 1. The van der Waals surface area contributed by atoms with Crippen LogP contribution in [0, 0.1) is 0 Å². The zero-order valence-electron chi connectivity index (χ0n) is 9.87. The molecule has 0 spiro atoms. The van der Waals surface area contributed by atoms with Gasteiger partial charge in [0.2, 0.25) is 0 Å². The van der Waals surface area contributed by atoms with E-state index in [0.29, 0.717) is 24.3 Å². The summed E-state index contributed by atoms with van der Waals surface area (Å²) in [4.78, 5) is 4.09. The van der Waals surface area contributed by atoms with E-state index in [1.165, 1.54) is 18.4 Å². The Bertz CT molecular complexity index is 534. The molecule has 1 aromatic heterocycles. The molecule has 0 aliphatic heterocycles. The molecule has 0 unspecified atom stereocenters. The maximum absolute atomic E-state index is 12.4. The van der Waals surface area contributed by atoms with E-state index in [0.717, 1.165) is 12.1 Å². The molecule has 0 bridgehead atoms. The Labute approximate surface area is 107 Å². The van der Waals surface area contributed by atoms with Crippen LogP contribution in [0.1, 0.15) is 11.3 Å². The van der Waals surface area contributed by atoms with Gasteiger partial charge in [-0.3, -0.25) is 0 Å². The first-order chi connectivity index (χ1) is 8.99. The van der Waals surface area contributed by atoms with Crippen molar-refractivity contribution in [1.29, 1.82) is 0 Å². The average Bonchev–Trinajstić information content (AvgIpc) is 2.77. The van der Waals surface area contributed by atoms with E-state index >= 15 is 0 Å². The summed E-state index contributed by atoms with van der Waals surface area (Å²) in [6.07, 6.45) is -2.30. The maximum Gasteiger partial charge on any atom is 0.416 e. The maximum atomic E-state index is 12.4. The van der Waals surface area contributed by atoms with Crippen LogP contribution < -0.4 is 11.1 Å². The Morgan fingerprint density at radius 3 is 2.47 bits per heavy atom. The smallest absolute Gasteiger partial charge is 0.416 e. The van der Waals surface area contributed by atoms with Gasteiger partial charge in [-0.1, -0.05) is 0 Å². The van der Waals surface area contributed by atoms with Gasteiger partial charge in [0.15, 0.2) is 0 Å². The number of halogens is 3. The van der Waals surface area contributed by atoms with E-state index < -0.39 is 11.7 Å². The van der Waals surface area contributed by atoms with Crippen molar-refractivity contribution in [3.63, 3.8) is 0 Å². The molecular formula is C12H12F3N3O. The third-order valence-corrected chi connectivity index (χ3v) is 2.42. The van der Waals surface area contributed by atoms with E-state index in [1.807, 2.05) is 0 Å². The lowest BCUT2D eigenvalue weighted by Crippen LogP contribution is -2.04. The Kier molecular flexibility index (Phi) is 3.75. The van der Waals surface area contributed by atoms with Crippen LogP contribution in [0.5, 0.6) is 0 Å². The van der Waals surface area contributed by atoms with Gasteiger partial charge >= 0.3 is 6.18 Å². The number of anilines is 2. The molecule has 7 heteroatoms. The molecule has 2 aromatic rings. The number of hydrogen-bond donors (Lipinski definition) is 2. The van der Waals surface area contributed by atoms with E-state index in [4.69, 9.17) is 10.2 Å². The van der Waals surface area contributed by atoms with Gasteiger partial charge in [-0.15, -0.1) is 0 Å². The first-order valence-electron chi connectivity index (χ1n) is 5.58. The van der Waals surface area contributed by atoms with Crippen molar-refractivity contribution in [2.75, 3.05) is 11.9 Å². The van der Waals surface area contributed by atoms with Crippen molar-refractivity contribution in [1.82, 2.24) is 4.98 Å². The third-order valence-electron chi connectivity index (χ3n) is 2.42. The summed E-state index contributed by atoms with van der Waals surface area (Å²) in [5.41, 5.74) is 5.83. The predicted molar refractivity (Wildman–Crippen MR) is 64.0 cm³/mol. The predicted octanol–water partition coefficient (Wildman–Crippen LogP) is 2.94. The summed E-state index contributed by atoms with van der Waals surface area (Å²) in [5.74, 6) is 0. The monoisotopic (exact) mass is 271 g/mol. The lowest BCUT2D eigenvalue weighted by atomic mass is 10.2. The topological polar surface area (TPSA) is 64.1 Å². The average molecular weight is 271 g/mol. The highest BCUT2D eigenvalue weighted by Crippen LogP contribution is 2.30. The first-order valence-corrected chi connectivity index (χ1v) is 5.58. The third kappa shape index (κ3) is 3.47. The van der Waals surface area contributed by atoms with E-state index in [9.17, 15) is 13.2 Å². The summed E-state index contributed by atoms with van der Waals surface area (Å²) in [7, 11) is 0. The van der Waals surface area contributed by atoms with Gasteiger partial charge in [0.25, 0.3) is 6.01 Å². The van der Waals surface area contributed by atoms with Crippen molar-refractivity contribution >= 4 is 11.7 Å². The fourth-order valence-electron chi connectivity index (χ4n) is 1.49. The van der Waals surface area contributed by atoms with Gasteiger partial charge in [0.05, 0.1) is 11.3 Å². The molecule has 1 heterocycles. The van der Waals surface area contributed by atoms with Crippen LogP contribution in [0.3, 0.4) is 0 Å². The van der Waals surface area contributed by atoms with Crippen molar-refractivity contribution in [2.45, 2.75) is 12.6 Å². The van der Waals surface area contributed by atoms with Crippen LogP contribution in [0.4, 0.5) is 24.9 Å². The minimum absolute atomic E-state index is 0.225. The van der Waals surface area contributed by atoms with Gasteiger partial charge in [0.1, 0.15) is 6.26 Å². The number of nitrogens with two attached hydrogens (primary N) is 1. The Hall–Kier alpha value is -2.02. The molecule has 0 saturated heterocycles. The molecule has 0 atom stereocenters. The number of alkyl halides is 3. The molecule has 0 fully saturated rings. The van der Waals surface area contributed by atoms with Crippen LogP contribution >= 0.6 is 0 Å². The highest BCUT2D eigenvalue weighted by atomic mass is 19.4. The molecular weight excluding hydrogens is 259 g/mol. The van der Waals surface area contributed by atoms with Gasteiger partial charge in [-0.25, -0.2) is 0 Å². The Balaban J connectivity index is 2.06. The minimum atomic E-state index is -4.34. The van der Waals surface area contributed by atoms with E-state index in [-0.39, 0.29) is 6.01 Å². The van der Waals surface area contributed by atoms with Crippen molar-refractivity contribution in [2.24, 2.45) is 5.73 Å². The second kappa shape index (κ2) is 5.31. The number of rotatable bonds is 4. The molecule has 0 aliphatic rings. The molecule has 0 aliphatic carbocycles. The SMILES string of the molecule is NCCc1coc(Nc2ccc(C(F)(F)F)cc2)n1. The molecule has 0 amide bonds. The summed E-state index contributed by atoms with van der Waals surface area (Å²) in [5, 5.41) is 2.78. The van der Waals surface area contributed by atoms with E-state index in [1.54, 1.807) is 0 Å². The molecule has 19 heavy (non-hydrogen) atoms. The zero-order chi connectivity index (χ0) is 13.9. The lowest BCUT2D eigenvalue weighted by Gasteiger charge is -2.07. The normalized spacial score (nSPS) is 11.6. The molecule has 1 aromatic carbocycles. The summed E-state index contributed by atoms with van der Waals surface area (Å²) in [6, 6.07) is 4.84. The van der Waals surface area contributed by atoms with Crippen molar-refractivity contribution < 1.29 is 17.6 Å². The number of benzene rings is 1. The molecule has 102 valence electrons. The molecule has 2 rings (SSSR count). The van der Waals surface area contributed by atoms with Crippen LogP contribution in [-0.4, -0.2) is 11.5 Å². The lowest BCUT2D eigenvalue weighted by molar-refractivity contribution is -0.137. The Morgan fingerprint density at radius 2 is 1.89 bits per heavy atom. The fourth-order valence-corrected chi connectivity index (χ4v) is 1.49. The van der Waals surface area contributed by atoms with Crippen molar-refractivity contribution in [3.05, 3.63) is 41.8 Å². The largest absolute Gasteiger partial charge is 0.432 e. The van der Waals surface area contributed by atoms with Crippen LogP contribution in [0.25, 0.3) is 0 Å². The van der Waals surface area contributed by atoms with Crippen LogP contribution in [0.2, 0.25) is 0 Å². The standard InChI is InChI=1S/C12H12F3N3O/c13-12(14,15)8-1-3-9(4-2-8)17-11-18-10(5-6-16)7-19-11/h1-4,7H,5-6,16H2,(H,17,18). The van der Waals surface area contributed by atoms with Gasteiger partial charge in [-0.2, -0.15) is 18.2 Å². The Morgan fingerprint density at radius 1 is 1.21 bits per heavy atom.